The van der Waals surface area contributed by atoms with E-state index in [2.05, 4.69) is 35.0 Å². The van der Waals surface area contributed by atoms with Crippen molar-refractivity contribution >= 4 is 27.8 Å². The molecule has 0 saturated heterocycles. The van der Waals surface area contributed by atoms with Gasteiger partial charge in [-0.3, -0.25) is 9.97 Å². The first kappa shape index (κ1) is 15.7. The number of benzene rings is 1. The van der Waals surface area contributed by atoms with Gasteiger partial charge >= 0.3 is 0 Å². The first-order valence-electron chi connectivity index (χ1n) is 8.99. The summed E-state index contributed by atoms with van der Waals surface area (Å²) >= 11 is 0. The Morgan fingerprint density at radius 3 is 2.45 bits per heavy atom. The van der Waals surface area contributed by atoms with Gasteiger partial charge in [0.1, 0.15) is 16.9 Å². The second-order valence-electron chi connectivity index (χ2n) is 6.51. The summed E-state index contributed by atoms with van der Waals surface area (Å²) in [6.07, 6.45) is 10.5. The van der Waals surface area contributed by atoms with Gasteiger partial charge in [-0.05, 0) is 24.3 Å². The number of pyridine rings is 1. The Hall–Kier alpha value is -4.33. The van der Waals surface area contributed by atoms with Crippen LogP contribution in [0, 0.1) is 0 Å². The fourth-order valence-electron chi connectivity index (χ4n) is 3.28. The van der Waals surface area contributed by atoms with Crippen molar-refractivity contribution in [2.24, 2.45) is 0 Å². The van der Waals surface area contributed by atoms with Crippen molar-refractivity contribution in [2.45, 2.75) is 0 Å². The van der Waals surface area contributed by atoms with Gasteiger partial charge in [-0.15, -0.1) is 0 Å². The Morgan fingerprint density at radius 2 is 1.52 bits per heavy atom. The van der Waals surface area contributed by atoms with E-state index < -0.39 is 0 Å². The number of para-hydroxylation sites is 2. The monoisotopic (exact) mass is 376 g/mol. The molecule has 8 nitrogen and oxygen atoms in total. The molecule has 5 heterocycles. The maximum Gasteiger partial charge on any atom is 0.178 e. The molecule has 0 amide bonds. The van der Waals surface area contributed by atoms with Crippen LogP contribution in [-0.2, 0) is 0 Å². The lowest BCUT2D eigenvalue weighted by Crippen LogP contribution is -1.95. The van der Waals surface area contributed by atoms with E-state index in [1.54, 1.807) is 35.5 Å². The van der Waals surface area contributed by atoms with Crippen LogP contribution in [0.1, 0.15) is 0 Å². The molecule has 0 aliphatic heterocycles. The predicted molar refractivity (Wildman–Crippen MR) is 108 cm³/mol. The molecular formula is C21H12N8. The van der Waals surface area contributed by atoms with Crippen LogP contribution in [0.3, 0.4) is 0 Å². The van der Waals surface area contributed by atoms with Crippen LogP contribution in [0.25, 0.3) is 50.4 Å². The van der Waals surface area contributed by atoms with Crippen molar-refractivity contribution in [1.82, 2.24) is 39.5 Å². The number of nitrogens with zero attached hydrogens (tertiary/aromatic N) is 8. The largest absolute Gasteiger partial charge is 0.252 e. The summed E-state index contributed by atoms with van der Waals surface area (Å²) in [7, 11) is 0. The molecule has 0 N–H and O–H groups in total. The zero-order valence-electron chi connectivity index (χ0n) is 15.0. The first-order chi connectivity index (χ1) is 14.3. The van der Waals surface area contributed by atoms with Crippen molar-refractivity contribution in [1.29, 1.82) is 0 Å². The van der Waals surface area contributed by atoms with E-state index in [4.69, 9.17) is 0 Å². The zero-order chi connectivity index (χ0) is 19.2. The fraction of sp³-hybridized carbons (Fsp3) is 0. The molecule has 0 radical (unpaired) electrons. The highest BCUT2D eigenvalue weighted by atomic mass is 15.2. The number of rotatable bonds is 2. The van der Waals surface area contributed by atoms with E-state index in [1.165, 1.54) is 0 Å². The molecule has 6 rings (SSSR count). The Kier molecular flexibility index (Phi) is 3.30. The maximum atomic E-state index is 4.63. The number of fused-ring (bicyclic) bond motifs is 3. The molecule has 0 bridgehead atoms. The number of hydrogen-bond donors (Lipinski definition) is 0. The molecule has 0 aliphatic rings. The number of aromatic nitrogens is 8. The third-order valence-corrected chi connectivity index (χ3v) is 4.70. The van der Waals surface area contributed by atoms with E-state index in [-0.39, 0.29) is 0 Å². The van der Waals surface area contributed by atoms with Gasteiger partial charge in [0.15, 0.2) is 11.3 Å². The van der Waals surface area contributed by atoms with Crippen molar-refractivity contribution in [3.8, 4) is 22.5 Å². The minimum atomic E-state index is 0.547. The first-order valence-corrected chi connectivity index (χ1v) is 8.99. The molecule has 0 atom stereocenters. The third kappa shape index (κ3) is 2.58. The summed E-state index contributed by atoms with van der Waals surface area (Å²) in [5.74, 6) is 0. The summed E-state index contributed by atoms with van der Waals surface area (Å²) in [4.78, 5) is 27.2. The molecule has 1 aromatic carbocycles. The SMILES string of the molecule is c1ccc2nc(-c3cnc4cc(-c5cnn6cccnc56)cnc4n3)cnc2c1. The predicted octanol–water partition coefficient (Wildman–Crippen LogP) is 3.34. The quantitative estimate of drug-likeness (QED) is 0.457. The van der Waals surface area contributed by atoms with Gasteiger partial charge in [0, 0.05) is 29.7 Å². The van der Waals surface area contributed by atoms with E-state index in [0.29, 0.717) is 22.6 Å². The van der Waals surface area contributed by atoms with Gasteiger partial charge in [0.25, 0.3) is 0 Å². The molecule has 0 saturated carbocycles. The van der Waals surface area contributed by atoms with Crippen LogP contribution in [0.15, 0.2) is 73.6 Å². The second kappa shape index (κ2) is 6.10. The average Bonchev–Trinajstić information content (AvgIpc) is 3.22. The molecule has 0 fully saturated rings. The molecular weight excluding hydrogens is 364 g/mol. The van der Waals surface area contributed by atoms with Crippen molar-refractivity contribution < 1.29 is 0 Å². The summed E-state index contributed by atoms with van der Waals surface area (Å²) in [5.41, 5.74) is 6.74. The zero-order valence-corrected chi connectivity index (χ0v) is 15.0. The third-order valence-electron chi connectivity index (χ3n) is 4.70. The van der Waals surface area contributed by atoms with Gasteiger partial charge in [-0.1, -0.05) is 12.1 Å². The summed E-state index contributed by atoms with van der Waals surface area (Å²) < 4.78 is 1.73. The molecule has 6 aromatic rings. The standard InChI is InChI=1S/C21H12N8/c1-2-5-16-15(4-1)23-11-18(27-16)19-12-24-17-8-13(9-25-20(17)28-19)14-10-26-29-7-3-6-22-21(14)29/h1-12H. The molecule has 8 heteroatoms. The maximum absolute atomic E-state index is 4.63. The Morgan fingerprint density at radius 1 is 0.690 bits per heavy atom. The second-order valence-corrected chi connectivity index (χ2v) is 6.51. The lowest BCUT2D eigenvalue weighted by molar-refractivity contribution is 0.939. The molecule has 5 aromatic heterocycles. The van der Waals surface area contributed by atoms with Crippen molar-refractivity contribution in [3.05, 3.63) is 73.6 Å². The van der Waals surface area contributed by atoms with Crippen molar-refractivity contribution in [3.63, 3.8) is 0 Å². The molecule has 0 spiro atoms. The van der Waals surface area contributed by atoms with Crippen LogP contribution < -0.4 is 0 Å². The van der Waals surface area contributed by atoms with Crippen LogP contribution in [-0.4, -0.2) is 39.5 Å². The van der Waals surface area contributed by atoms with Crippen LogP contribution >= 0.6 is 0 Å². The van der Waals surface area contributed by atoms with E-state index in [9.17, 15) is 0 Å². The molecule has 0 aliphatic carbocycles. The Balaban J connectivity index is 1.44. The molecule has 136 valence electrons. The van der Waals surface area contributed by atoms with Gasteiger partial charge < -0.3 is 0 Å². The smallest absolute Gasteiger partial charge is 0.178 e. The molecule has 29 heavy (non-hydrogen) atoms. The van der Waals surface area contributed by atoms with E-state index in [1.807, 2.05) is 42.6 Å². The normalized spacial score (nSPS) is 11.4. The lowest BCUT2D eigenvalue weighted by Gasteiger charge is -2.04. The Labute approximate surface area is 164 Å². The van der Waals surface area contributed by atoms with Gasteiger partial charge in [-0.2, -0.15) is 5.10 Å². The van der Waals surface area contributed by atoms with E-state index in [0.717, 1.165) is 27.8 Å². The van der Waals surface area contributed by atoms with Crippen LogP contribution in [0.5, 0.6) is 0 Å². The summed E-state index contributed by atoms with van der Waals surface area (Å²) in [6.45, 7) is 0. The average molecular weight is 376 g/mol. The van der Waals surface area contributed by atoms with Crippen LogP contribution in [0.4, 0.5) is 0 Å². The Bertz CT molecular complexity index is 1520. The summed E-state index contributed by atoms with van der Waals surface area (Å²) in [5, 5.41) is 4.33. The summed E-state index contributed by atoms with van der Waals surface area (Å²) in [6, 6.07) is 11.5. The van der Waals surface area contributed by atoms with Crippen molar-refractivity contribution in [2.75, 3.05) is 0 Å². The molecule has 0 unspecified atom stereocenters. The number of hydrogen-bond acceptors (Lipinski definition) is 7. The van der Waals surface area contributed by atoms with Gasteiger partial charge in [0.2, 0.25) is 0 Å². The minimum Gasteiger partial charge on any atom is -0.252 e. The highest BCUT2D eigenvalue weighted by Crippen LogP contribution is 2.25. The van der Waals surface area contributed by atoms with E-state index >= 15 is 0 Å². The van der Waals surface area contributed by atoms with Gasteiger partial charge in [0.05, 0.1) is 29.6 Å². The van der Waals surface area contributed by atoms with Crippen LogP contribution in [0.2, 0.25) is 0 Å². The fourth-order valence-corrected chi connectivity index (χ4v) is 3.28. The highest BCUT2D eigenvalue weighted by Gasteiger charge is 2.11. The van der Waals surface area contributed by atoms with Gasteiger partial charge in [-0.25, -0.2) is 24.5 Å². The minimum absolute atomic E-state index is 0.547. The topological polar surface area (TPSA) is 94.6 Å². The lowest BCUT2D eigenvalue weighted by atomic mass is 10.1. The highest BCUT2D eigenvalue weighted by molar-refractivity contribution is 5.84.